The number of amides is 1. The van der Waals surface area contributed by atoms with Crippen LogP contribution >= 0.6 is 0 Å². The van der Waals surface area contributed by atoms with E-state index in [0.717, 1.165) is 0 Å². The van der Waals surface area contributed by atoms with Crippen LogP contribution in [0.4, 0.5) is 18.9 Å². The van der Waals surface area contributed by atoms with Crippen LogP contribution in [0.2, 0.25) is 0 Å². The molecule has 5 heteroatoms. The van der Waals surface area contributed by atoms with E-state index in [4.69, 9.17) is 0 Å². The minimum atomic E-state index is -1.14. The van der Waals surface area contributed by atoms with E-state index in [1.54, 1.807) is 5.32 Å². The monoisotopic (exact) mass is 175 g/mol. The Hall–Kier alpha value is -1.52. The minimum Gasteiger partial charge on any atom is -0.324 e. The molecule has 64 valence electrons. The largest absolute Gasteiger partial charge is 0.324 e. The molecule has 0 heterocycles. The standard InChI is InChI=1S/C7H4F3NO/c8-4-1-5(9)7(11-3-12)6(10)2-4/h1-3H,(H,11,12). The van der Waals surface area contributed by atoms with Gasteiger partial charge in [0.25, 0.3) is 0 Å². The number of halogens is 3. The zero-order valence-electron chi connectivity index (χ0n) is 5.77. The molecule has 0 aliphatic heterocycles. The second-order valence-electron chi connectivity index (χ2n) is 2.01. The Balaban J connectivity index is 3.18. The van der Waals surface area contributed by atoms with Gasteiger partial charge in [0.05, 0.1) is 0 Å². The molecular weight excluding hydrogens is 171 g/mol. The first-order chi connectivity index (χ1) is 5.65. The summed E-state index contributed by atoms with van der Waals surface area (Å²) in [7, 11) is 0. The summed E-state index contributed by atoms with van der Waals surface area (Å²) in [5, 5.41) is 1.77. The molecule has 1 rings (SSSR count). The summed E-state index contributed by atoms with van der Waals surface area (Å²) in [6, 6.07) is 0.962. The third-order valence-electron chi connectivity index (χ3n) is 1.21. The van der Waals surface area contributed by atoms with Gasteiger partial charge in [0.15, 0.2) is 11.6 Å². The van der Waals surface area contributed by atoms with Gasteiger partial charge in [-0.1, -0.05) is 0 Å². The van der Waals surface area contributed by atoms with Crippen molar-refractivity contribution in [1.82, 2.24) is 0 Å². The lowest BCUT2D eigenvalue weighted by molar-refractivity contribution is -0.105. The van der Waals surface area contributed by atoms with Crippen molar-refractivity contribution in [2.45, 2.75) is 0 Å². The molecule has 0 atom stereocenters. The van der Waals surface area contributed by atoms with E-state index in [9.17, 15) is 18.0 Å². The summed E-state index contributed by atoms with van der Waals surface area (Å²) in [6.45, 7) is 0. The SMILES string of the molecule is O=CNc1c(F)cc(F)cc1F. The molecule has 0 unspecified atom stereocenters. The van der Waals surface area contributed by atoms with E-state index >= 15 is 0 Å². The minimum absolute atomic E-state index is 0.111. The van der Waals surface area contributed by atoms with Crippen molar-refractivity contribution in [1.29, 1.82) is 0 Å². The van der Waals surface area contributed by atoms with Crippen LogP contribution in [-0.4, -0.2) is 6.41 Å². The third kappa shape index (κ3) is 1.55. The van der Waals surface area contributed by atoms with E-state index in [1.165, 1.54) is 0 Å². The first-order valence-electron chi connectivity index (χ1n) is 3.00. The number of nitrogens with one attached hydrogen (secondary N) is 1. The average molecular weight is 175 g/mol. The Bertz CT molecular complexity index is 291. The van der Waals surface area contributed by atoms with Crippen molar-refractivity contribution in [2.75, 3.05) is 5.32 Å². The van der Waals surface area contributed by atoms with Crippen molar-refractivity contribution in [3.8, 4) is 0 Å². The molecule has 0 aromatic heterocycles. The highest BCUT2D eigenvalue weighted by atomic mass is 19.1. The number of anilines is 1. The molecule has 0 saturated carbocycles. The van der Waals surface area contributed by atoms with Crippen LogP contribution in [0, 0.1) is 17.5 Å². The van der Waals surface area contributed by atoms with E-state index in [2.05, 4.69) is 0 Å². The highest BCUT2D eigenvalue weighted by molar-refractivity contribution is 5.71. The van der Waals surface area contributed by atoms with E-state index < -0.39 is 23.1 Å². The Labute approximate surface area is 66.0 Å². The van der Waals surface area contributed by atoms with Crippen LogP contribution in [0.1, 0.15) is 0 Å². The van der Waals surface area contributed by atoms with Gasteiger partial charge in [-0.2, -0.15) is 0 Å². The maximum Gasteiger partial charge on any atom is 0.211 e. The lowest BCUT2D eigenvalue weighted by Crippen LogP contribution is -2.01. The van der Waals surface area contributed by atoms with Crippen molar-refractivity contribution in [3.63, 3.8) is 0 Å². The number of benzene rings is 1. The Morgan fingerprint density at radius 1 is 1.17 bits per heavy atom. The maximum absolute atomic E-state index is 12.6. The molecule has 0 saturated heterocycles. The molecule has 0 fully saturated rings. The fourth-order valence-electron chi connectivity index (χ4n) is 0.739. The molecule has 1 N–H and O–H groups in total. The molecule has 0 spiro atoms. The van der Waals surface area contributed by atoms with E-state index in [0.29, 0.717) is 12.1 Å². The van der Waals surface area contributed by atoms with Gasteiger partial charge >= 0.3 is 0 Å². The predicted molar refractivity (Wildman–Crippen MR) is 36.0 cm³/mol. The van der Waals surface area contributed by atoms with Gasteiger partial charge in [-0.25, -0.2) is 13.2 Å². The number of carbonyl (C=O) groups is 1. The quantitative estimate of drug-likeness (QED) is 0.680. The molecule has 2 nitrogen and oxygen atoms in total. The van der Waals surface area contributed by atoms with Crippen molar-refractivity contribution >= 4 is 12.1 Å². The van der Waals surface area contributed by atoms with Crippen LogP contribution in [0.5, 0.6) is 0 Å². The smallest absolute Gasteiger partial charge is 0.211 e. The number of carbonyl (C=O) groups excluding carboxylic acids is 1. The molecule has 0 aliphatic rings. The molecule has 0 radical (unpaired) electrons. The molecule has 1 aromatic carbocycles. The summed E-state index contributed by atoms with van der Waals surface area (Å²) in [6.07, 6.45) is 0.111. The number of rotatable bonds is 2. The first kappa shape index (κ1) is 8.58. The highest BCUT2D eigenvalue weighted by Crippen LogP contribution is 2.18. The highest BCUT2D eigenvalue weighted by Gasteiger charge is 2.09. The van der Waals surface area contributed by atoms with Gasteiger partial charge < -0.3 is 5.32 Å². The van der Waals surface area contributed by atoms with Crippen molar-refractivity contribution in [3.05, 3.63) is 29.6 Å². The van der Waals surface area contributed by atoms with Gasteiger partial charge in [0, 0.05) is 12.1 Å². The lowest BCUT2D eigenvalue weighted by atomic mass is 10.3. The summed E-state index contributed by atoms with van der Waals surface area (Å²) < 4.78 is 37.4. The molecule has 12 heavy (non-hydrogen) atoms. The van der Waals surface area contributed by atoms with Gasteiger partial charge in [-0.15, -0.1) is 0 Å². The summed E-state index contributed by atoms with van der Waals surface area (Å²) in [5.41, 5.74) is -0.647. The van der Waals surface area contributed by atoms with Crippen LogP contribution in [-0.2, 0) is 4.79 Å². The zero-order valence-corrected chi connectivity index (χ0v) is 5.77. The molecule has 0 bridgehead atoms. The topological polar surface area (TPSA) is 29.1 Å². The summed E-state index contributed by atoms with van der Waals surface area (Å²) in [5.74, 6) is -3.30. The Kier molecular flexibility index (Phi) is 2.32. The molecular formula is C7H4F3NO. The van der Waals surface area contributed by atoms with Gasteiger partial charge in [-0.05, 0) is 0 Å². The fourth-order valence-corrected chi connectivity index (χ4v) is 0.739. The van der Waals surface area contributed by atoms with Gasteiger partial charge in [-0.3, -0.25) is 4.79 Å². The molecule has 1 amide bonds. The van der Waals surface area contributed by atoms with Crippen molar-refractivity contribution < 1.29 is 18.0 Å². The first-order valence-corrected chi connectivity index (χ1v) is 3.00. The van der Waals surface area contributed by atoms with Crippen LogP contribution in [0.3, 0.4) is 0 Å². The molecule has 0 aliphatic carbocycles. The predicted octanol–water partition coefficient (Wildman–Crippen LogP) is 1.67. The Morgan fingerprint density at radius 3 is 2.08 bits per heavy atom. The van der Waals surface area contributed by atoms with Gasteiger partial charge in [0.1, 0.15) is 11.5 Å². The van der Waals surface area contributed by atoms with E-state index in [1.807, 2.05) is 0 Å². The van der Waals surface area contributed by atoms with Gasteiger partial charge in [0.2, 0.25) is 6.41 Å². The summed E-state index contributed by atoms with van der Waals surface area (Å²) in [4.78, 5) is 9.83. The number of hydrogen-bond donors (Lipinski definition) is 1. The number of hydrogen-bond acceptors (Lipinski definition) is 1. The Morgan fingerprint density at radius 2 is 1.67 bits per heavy atom. The summed E-state index contributed by atoms with van der Waals surface area (Å²) >= 11 is 0. The maximum atomic E-state index is 12.6. The van der Waals surface area contributed by atoms with E-state index in [-0.39, 0.29) is 6.41 Å². The van der Waals surface area contributed by atoms with Crippen LogP contribution in [0.15, 0.2) is 12.1 Å². The average Bonchev–Trinajstić information content (AvgIpc) is 1.96. The normalized spacial score (nSPS) is 9.58. The van der Waals surface area contributed by atoms with Crippen molar-refractivity contribution in [2.24, 2.45) is 0 Å². The lowest BCUT2D eigenvalue weighted by Gasteiger charge is -2.01. The van der Waals surface area contributed by atoms with Crippen LogP contribution in [0.25, 0.3) is 0 Å². The zero-order chi connectivity index (χ0) is 9.14. The third-order valence-corrected chi connectivity index (χ3v) is 1.21. The second-order valence-corrected chi connectivity index (χ2v) is 2.01. The second kappa shape index (κ2) is 3.25. The van der Waals surface area contributed by atoms with Crippen LogP contribution < -0.4 is 5.32 Å². The molecule has 1 aromatic rings. The fraction of sp³-hybridized carbons (Fsp3) is 0.